The molecule has 4 heterocycles. The molecule has 1 unspecified atom stereocenters. The Bertz CT molecular complexity index is 1530. The maximum absolute atomic E-state index is 14.0. The molecule has 1 atom stereocenters. The molecule has 0 saturated heterocycles. The van der Waals surface area contributed by atoms with Gasteiger partial charge in [-0.2, -0.15) is 0 Å². The van der Waals surface area contributed by atoms with Gasteiger partial charge in [-0.25, -0.2) is 15.0 Å². The molecule has 198 valence electrons. The van der Waals surface area contributed by atoms with Gasteiger partial charge in [0.15, 0.2) is 0 Å². The highest BCUT2D eigenvalue weighted by molar-refractivity contribution is 5.99. The molecule has 9 nitrogen and oxygen atoms in total. The van der Waals surface area contributed by atoms with E-state index in [9.17, 15) is 9.59 Å². The number of benzene rings is 1. The Balaban J connectivity index is 1.46. The van der Waals surface area contributed by atoms with Gasteiger partial charge in [0.1, 0.15) is 11.6 Å². The number of carbonyl (C=O) groups is 2. The van der Waals surface area contributed by atoms with E-state index in [1.54, 1.807) is 35.5 Å². The Morgan fingerprint density at radius 3 is 2.62 bits per heavy atom. The van der Waals surface area contributed by atoms with Crippen LogP contribution in [0.5, 0.6) is 0 Å². The van der Waals surface area contributed by atoms with E-state index in [0.717, 1.165) is 41.7 Å². The van der Waals surface area contributed by atoms with Gasteiger partial charge in [-0.3, -0.25) is 14.6 Å². The number of carbonyl (C=O) groups excluding carboxylic acids is 2. The van der Waals surface area contributed by atoms with Crippen molar-refractivity contribution in [2.75, 3.05) is 18.4 Å². The van der Waals surface area contributed by atoms with Crippen LogP contribution in [0.4, 0.5) is 5.82 Å². The van der Waals surface area contributed by atoms with E-state index >= 15 is 0 Å². The summed E-state index contributed by atoms with van der Waals surface area (Å²) in [6, 6.07) is 12.7. The summed E-state index contributed by atoms with van der Waals surface area (Å²) in [5, 5.41) is 6.90. The van der Waals surface area contributed by atoms with Crippen molar-refractivity contribution < 1.29 is 9.59 Å². The summed E-state index contributed by atoms with van der Waals surface area (Å²) in [6.07, 6.45) is 8.41. The van der Waals surface area contributed by atoms with Crippen LogP contribution in [0.25, 0.3) is 16.5 Å². The number of hydrogen-bond acceptors (Lipinski definition) is 7. The van der Waals surface area contributed by atoms with Gasteiger partial charge in [-0.1, -0.05) is 12.1 Å². The third kappa shape index (κ3) is 5.99. The van der Waals surface area contributed by atoms with Gasteiger partial charge in [0.05, 0.1) is 23.8 Å². The van der Waals surface area contributed by atoms with Crippen LogP contribution in [0, 0.1) is 6.92 Å². The average Bonchev–Trinajstić information content (AvgIpc) is 2.96. The molecule has 3 aromatic heterocycles. The standard InChI is InChI=1S/C30H31N7O2/c1-19-15-25-16-23(6-8-27(25)36-28(19)35-21(3)38)30(39)37(20(2)29-32-11-4-12-33-29)18-26-7-5-24(17-34-26)22-9-13-31-14-10-22/h4-9,11-12,15-17,20,31H,10,13-14,18H2,1-3H3,(H,35,36,38). The highest BCUT2D eigenvalue weighted by Gasteiger charge is 2.26. The van der Waals surface area contributed by atoms with E-state index in [4.69, 9.17) is 4.98 Å². The van der Waals surface area contributed by atoms with Crippen molar-refractivity contribution >= 4 is 34.1 Å². The van der Waals surface area contributed by atoms with Gasteiger partial charge < -0.3 is 15.5 Å². The van der Waals surface area contributed by atoms with Gasteiger partial charge in [0.2, 0.25) is 5.91 Å². The number of amides is 2. The molecular weight excluding hydrogens is 490 g/mol. The number of nitrogens with zero attached hydrogens (tertiary/aromatic N) is 5. The molecule has 0 spiro atoms. The maximum atomic E-state index is 14.0. The summed E-state index contributed by atoms with van der Waals surface area (Å²) in [5.74, 6) is 0.729. The van der Waals surface area contributed by atoms with Crippen LogP contribution in [-0.4, -0.2) is 49.7 Å². The lowest BCUT2D eigenvalue weighted by molar-refractivity contribution is -0.114. The molecule has 9 heteroatoms. The highest BCUT2D eigenvalue weighted by atomic mass is 16.2. The first-order chi connectivity index (χ1) is 18.9. The first kappa shape index (κ1) is 26.1. The molecule has 1 aromatic carbocycles. The van der Waals surface area contributed by atoms with E-state index in [1.807, 2.05) is 38.2 Å². The zero-order valence-electron chi connectivity index (χ0n) is 22.3. The minimum absolute atomic E-state index is 0.160. The van der Waals surface area contributed by atoms with Crippen molar-refractivity contribution in [3.8, 4) is 0 Å². The minimum atomic E-state index is -0.384. The fraction of sp³-hybridized carbons (Fsp3) is 0.267. The van der Waals surface area contributed by atoms with Gasteiger partial charge >= 0.3 is 0 Å². The lowest BCUT2D eigenvalue weighted by Crippen LogP contribution is -2.34. The predicted octanol–water partition coefficient (Wildman–Crippen LogP) is 4.47. The highest BCUT2D eigenvalue weighted by Crippen LogP contribution is 2.26. The van der Waals surface area contributed by atoms with Crippen molar-refractivity contribution in [3.63, 3.8) is 0 Å². The molecular formula is C30H31N7O2. The topological polar surface area (TPSA) is 113 Å². The summed E-state index contributed by atoms with van der Waals surface area (Å²) < 4.78 is 0. The quantitative estimate of drug-likeness (QED) is 0.369. The van der Waals surface area contributed by atoms with Crippen LogP contribution in [-0.2, 0) is 11.3 Å². The second kappa shape index (κ2) is 11.5. The zero-order chi connectivity index (χ0) is 27.4. The second-order valence-electron chi connectivity index (χ2n) is 9.68. The molecule has 0 saturated carbocycles. The second-order valence-corrected chi connectivity index (χ2v) is 9.68. The first-order valence-corrected chi connectivity index (χ1v) is 13.0. The Hall–Kier alpha value is -4.50. The molecule has 1 aliphatic heterocycles. The minimum Gasteiger partial charge on any atom is -0.323 e. The molecule has 4 aromatic rings. The lowest BCUT2D eigenvalue weighted by atomic mass is 10.0. The van der Waals surface area contributed by atoms with Crippen LogP contribution >= 0.6 is 0 Å². The number of fused-ring (bicyclic) bond motifs is 1. The monoisotopic (exact) mass is 521 g/mol. The molecule has 0 radical (unpaired) electrons. The molecule has 0 fully saturated rings. The fourth-order valence-electron chi connectivity index (χ4n) is 4.69. The number of hydrogen-bond donors (Lipinski definition) is 2. The van der Waals surface area contributed by atoms with Crippen molar-refractivity contribution in [3.05, 3.63) is 95.3 Å². The van der Waals surface area contributed by atoms with Crippen molar-refractivity contribution in [2.24, 2.45) is 0 Å². The normalized spacial score (nSPS) is 14.0. The average molecular weight is 522 g/mol. The molecule has 0 bridgehead atoms. The summed E-state index contributed by atoms with van der Waals surface area (Å²) >= 11 is 0. The SMILES string of the molecule is CC(=O)Nc1nc2ccc(C(=O)N(Cc3ccc(C4=CCNCC4)cn3)C(C)c3ncccn3)cc2cc1C. The Kier molecular flexibility index (Phi) is 7.69. The van der Waals surface area contributed by atoms with Gasteiger partial charge in [-0.15, -0.1) is 0 Å². The molecule has 2 amide bonds. The molecule has 5 rings (SSSR count). The van der Waals surface area contributed by atoms with Crippen molar-refractivity contribution in [1.29, 1.82) is 0 Å². The fourth-order valence-corrected chi connectivity index (χ4v) is 4.69. The summed E-state index contributed by atoms with van der Waals surface area (Å²) in [6.45, 7) is 7.38. The van der Waals surface area contributed by atoms with Crippen molar-refractivity contribution in [1.82, 2.24) is 30.2 Å². The van der Waals surface area contributed by atoms with E-state index in [0.29, 0.717) is 29.3 Å². The van der Waals surface area contributed by atoms with Crippen LogP contribution in [0.2, 0.25) is 0 Å². The smallest absolute Gasteiger partial charge is 0.254 e. The maximum Gasteiger partial charge on any atom is 0.254 e. The number of rotatable bonds is 7. The molecule has 0 aliphatic carbocycles. The lowest BCUT2D eigenvalue weighted by Gasteiger charge is -2.28. The molecule has 1 aliphatic rings. The molecule has 39 heavy (non-hydrogen) atoms. The number of aromatic nitrogens is 4. The van der Waals surface area contributed by atoms with E-state index in [-0.39, 0.29) is 17.9 Å². The van der Waals surface area contributed by atoms with Crippen LogP contribution in [0.3, 0.4) is 0 Å². The van der Waals surface area contributed by atoms with Crippen LogP contribution in [0.1, 0.15) is 59.3 Å². The van der Waals surface area contributed by atoms with E-state index in [1.165, 1.54) is 12.5 Å². The van der Waals surface area contributed by atoms with Gasteiger partial charge in [-0.05, 0) is 79.9 Å². The summed E-state index contributed by atoms with van der Waals surface area (Å²) in [4.78, 5) is 45.3. The largest absolute Gasteiger partial charge is 0.323 e. The first-order valence-electron chi connectivity index (χ1n) is 13.0. The number of nitrogens with one attached hydrogen (secondary N) is 2. The number of aryl methyl sites for hydroxylation is 1. The predicted molar refractivity (Wildman–Crippen MR) is 151 cm³/mol. The summed E-state index contributed by atoms with van der Waals surface area (Å²) in [5.41, 5.74) is 5.20. The Morgan fingerprint density at radius 2 is 1.92 bits per heavy atom. The summed E-state index contributed by atoms with van der Waals surface area (Å²) in [7, 11) is 0. The van der Waals surface area contributed by atoms with Gasteiger partial charge in [0, 0.05) is 43.0 Å². The van der Waals surface area contributed by atoms with Crippen LogP contribution in [0.15, 0.2) is 67.1 Å². The van der Waals surface area contributed by atoms with Crippen LogP contribution < -0.4 is 10.6 Å². The van der Waals surface area contributed by atoms with Gasteiger partial charge in [0.25, 0.3) is 5.91 Å². The van der Waals surface area contributed by atoms with Crippen molar-refractivity contribution in [2.45, 2.75) is 39.8 Å². The molecule has 2 N–H and O–H groups in total. The Morgan fingerprint density at radius 1 is 1.10 bits per heavy atom. The number of pyridine rings is 2. The zero-order valence-corrected chi connectivity index (χ0v) is 22.3. The number of anilines is 1. The Labute approximate surface area is 227 Å². The van der Waals surface area contributed by atoms with E-state index in [2.05, 4.69) is 37.7 Å². The third-order valence-corrected chi connectivity index (χ3v) is 6.83. The van der Waals surface area contributed by atoms with E-state index < -0.39 is 0 Å². The third-order valence-electron chi connectivity index (χ3n) is 6.83.